The molecule has 3 aromatic carbocycles. The predicted octanol–water partition coefficient (Wildman–Crippen LogP) is 4.23. The second-order valence-electron chi connectivity index (χ2n) is 5.99. The van der Waals surface area contributed by atoms with Crippen molar-refractivity contribution in [2.24, 2.45) is 0 Å². The molecule has 118 valence electrons. The Bertz CT molecular complexity index is 1460. The van der Waals surface area contributed by atoms with Crippen LogP contribution >= 0.6 is 0 Å². The van der Waals surface area contributed by atoms with Crippen molar-refractivity contribution in [3.8, 4) is 12.1 Å². The fourth-order valence-corrected chi connectivity index (χ4v) is 3.41. The Balaban J connectivity index is 2.14. The van der Waals surface area contributed by atoms with Gasteiger partial charge in [-0.15, -0.1) is 0 Å². The summed E-state index contributed by atoms with van der Waals surface area (Å²) >= 11 is 0. The van der Waals surface area contributed by atoms with Crippen molar-refractivity contribution in [1.29, 1.82) is 10.5 Å². The molecule has 5 aromatic rings. The third kappa shape index (κ3) is 1.86. The normalized spacial score (nSPS) is 11.0. The lowest BCUT2D eigenvalue weighted by atomic mass is 9.98. The van der Waals surface area contributed by atoms with E-state index in [0.29, 0.717) is 16.6 Å². The van der Waals surface area contributed by atoms with Crippen LogP contribution in [0.3, 0.4) is 0 Å². The van der Waals surface area contributed by atoms with E-state index < -0.39 is 0 Å². The molecule has 0 bridgehead atoms. The highest BCUT2D eigenvalue weighted by Gasteiger charge is 2.16. The lowest BCUT2D eigenvalue weighted by Crippen LogP contribution is -1.98. The fourth-order valence-electron chi connectivity index (χ4n) is 3.41. The topological polar surface area (TPSA) is 86.2 Å². The number of benzene rings is 3. The maximum atomic E-state index is 9.35. The molecule has 26 heavy (non-hydrogen) atoms. The zero-order valence-corrected chi connectivity index (χ0v) is 13.4. The maximum Gasteiger partial charge on any atom is 0.177 e. The van der Waals surface area contributed by atoms with E-state index in [2.05, 4.69) is 33.2 Å². The summed E-state index contributed by atoms with van der Waals surface area (Å²) in [5.41, 5.74) is 1.86. The van der Waals surface area contributed by atoms with Crippen molar-refractivity contribution in [2.75, 3.05) is 0 Å². The Morgan fingerprint density at radius 1 is 0.654 bits per heavy atom. The number of hydrogen-bond acceptors (Lipinski definition) is 5. The van der Waals surface area contributed by atoms with Crippen LogP contribution in [-0.4, -0.2) is 15.0 Å². The lowest BCUT2D eigenvalue weighted by Gasteiger charge is -2.10. The molecule has 0 atom stereocenters. The molecule has 0 saturated heterocycles. The van der Waals surface area contributed by atoms with Crippen molar-refractivity contribution in [3.63, 3.8) is 0 Å². The Hall–Kier alpha value is -4.09. The molecule has 5 heteroatoms. The van der Waals surface area contributed by atoms with Gasteiger partial charge >= 0.3 is 0 Å². The Labute approximate surface area is 147 Å². The highest BCUT2D eigenvalue weighted by Crippen LogP contribution is 2.34. The van der Waals surface area contributed by atoms with Gasteiger partial charge in [-0.25, -0.2) is 9.97 Å². The van der Waals surface area contributed by atoms with E-state index in [1.807, 2.05) is 42.5 Å². The number of hydrogen-bond donors (Lipinski definition) is 0. The molecule has 5 rings (SSSR count). The number of fused-ring (bicyclic) bond motifs is 7. The van der Waals surface area contributed by atoms with E-state index in [1.54, 1.807) is 6.20 Å². The molecule has 0 fully saturated rings. The van der Waals surface area contributed by atoms with E-state index in [4.69, 9.17) is 0 Å². The number of pyridine rings is 1. The van der Waals surface area contributed by atoms with Gasteiger partial charge in [0.2, 0.25) is 0 Å². The molecular formula is C21H9N5. The van der Waals surface area contributed by atoms with Crippen LogP contribution < -0.4 is 0 Å². The molecule has 0 aliphatic carbocycles. The summed E-state index contributed by atoms with van der Waals surface area (Å²) in [5.74, 6) is 0. The number of nitriles is 2. The van der Waals surface area contributed by atoms with Gasteiger partial charge in [-0.1, -0.05) is 30.3 Å². The smallest absolute Gasteiger partial charge is 0.177 e. The second kappa shape index (κ2) is 5.20. The van der Waals surface area contributed by atoms with Crippen molar-refractivity contribution < 1.29 is 0 Å². The maximum absolute atomic E-state index is 9.35. The highest BCUT2D eigenvalue weighted by molar-refractivity contribution is 6.24. The van der Waals surface area contributed by atoms with E-state index in [9.17, 15) is 10.5 Å². The molecule has 5 nitrogen and oxygen atoms in total. The molecule has 0 spiro atoms. The van der Waals surface area contributed by atoms with E-state index in [-0.39, 0.29) is 11.4 Å². The summed E-state index contributed by atoms with van der Waals surface area (Å²) < 4.78 is 0. The predicted molar refractivity (Wildman–Crippen MR) is 99.3 cm³/mol. The van der Waals surface area contributed by atoms with Crippen LogP contribution in [0.15, 0.2) is 54.7 Å². The molecule has 0 aliphatic rings. The van der Waals surface area contributed by atoms with Crippen LogP contribution in [0, 0.1) is 22.7 Å². The van der Waals surface area contributed by atoms with Gasteiger partial charge in [0.1, 0.15) is 23.2 Å². The molecule has 0 amide bonds. The van der Waals surface area contributed by atoms with Crippen molar-refractivity contribution in [3.05, 3.63) is 66.1 Å². The average molecular weight is 331 g/mol. The van der Waals surface area contributed by atoms with Crippen molar-refractivity contribution in [1.82, 2.24) is 15.0 Å². The summed E-state index contributed by atoms with van der Waals surface area (Å²) in [6.07, 6.45) is 1.70. The van der Waals surface area contributed by atoms with Crippen LogP contribution in [0.1, 0.15) is 11.4 Å². The molecule has 0 N–H and O–H groups in total. The standard InChI is InChI=1S/C21H9N5/c22-10-17-18(11-23)26-21-19-14(6-3-7-24-19)15-8-12-4-1-2-5-13(12)9-16(15)20(21)25-17/h1-9H. The van der Waals surface area contributed by atoms with Crippen LogP contribution in [-0.2, 0) is 0 Å². The van der Waals surface area contributed by atoms with Gasteiger partial charge in [-0.2, -0.15) is 10.5 Å². The molecule has 0 unspecified atom stereocenters. The molecule has 2 aromatic heterocycles. The highest BCUT2D eigenvalue weighted by atomic mass is 14.8. The van der Waals surface area contributed by atoms with Gasteiger partial charge in [0.15, 0.2) is 11.4 Å². The minimum absolute atomic E-state index is 0.0205. The number of nitrogens with zero attached hydrogens (tertiary/aromatic N) is 5. The minimum Gasteiger partial charge on any atom is -0.254 e. The molecule has 0 radical (unpaired) electrons. The van der Waals surface area contributed by atoms with E-state index in [0.717, 1.165) is 26.9 Å². The van der Waals surface area contributed by atoms with Gasteiger partial charge in [0.05, 0.1) is 5.52 Å². The quantitative estimate of drug-likeness (QED) is 0.313. The van der Waals surface area contributed by atoms with E-state index >= 15 is 0 Å². The number of aromatic nitrogens is 3. The van der Waals surface area contributed by atoms with Gasteiger partial charge in [0, 0.05) is 17.0 Å². The molecule has 0 saturated carbocycles. The fraction of sp³-hybridized carbons (Fsp3) is 0. The van der Waals surface area contributed by atoms with E-state index in [1.165, 1.54) is 0 Å². The van der Waals surface area contributed by atoms with Gasteiger partial charge in [-0.3, -0.25) is 4.98 Å². The van der Waals surface area contributed by atoms with Crippen LogP contribution in [0.25, 0.3) is 43.5 Å². The minimum atomic E-state index is 0.0205. The van der Waals surface area contributed by atoms with Gasteiger partial charge < -0.3 is 0 Å². The largest absolute Gasteiger partial charge is 0.254 e. The Morgan fingerprint density at radius 2 is 1.31 bits per heavy atom. The summed E-state index contributed by atoms with van der Waals surface area (Å²) in [6, 6.07) is 20.1. The first-order valence-electron chi connectivity index (χ1n) is 8.01. The van der Waals surface area contributed by atoms with Gasteiger partial charge in [-0.05, 0) is 34.4 Å². The third-order valence-corrected chi connectivity index (χ3v) is 4.57. The summed E-state index contributed by atoms with van der Waals surface area (Å²) in [7, 11) is 0. The first-order chi connectivity index (χ1) is 12.8. The Kier molecular flexibility index (Phi) is 2.86. The Morgan fingerprint density at radius 3 is 2.00 bits per heavy atom. The molecule has 2 heterocycles. The SMILES string of the molecule is N#Cc1nc2c3cc4ccccc4cc3c3cccnc3c2nc1C#N. The zero-order valence-electron chi connectivity index (χ0n) is 13.4. The summed E-state index contributed by atoms with van der Waals surface area (Å²) in [5, 5.41) is 23.7. The molecule has 0 aliphatic heterocycles. The number of rotatable bonds is 0. The zero-order chi connectivity index (χ0) is 17.7. The first kappa shape index (κ1) is 14.3. The lowest BCUT2D eigenvalue weighted by molar-refractivity contribution is 1.20. The van der Waals surface area contributed by atoms with Crippen LogP contribution in [0.2, 0.25) is 0 Å². The second-order valence-corrected chi connectivity index (χ2v) is 5.99. The first-order valence-corrected chi connectivity index (χ1v) is 8.01. The summed E-state index contributed by atoms with van der Waals surface area (Å²) in [4.78, 5) is 13.4. The average Bonchev–Trinajstić information content (AvgIpc) is 2.71. The van der Waals surface area contributed by atoms with Gasteiger partial charge in [0.25, 0.3) is 0 Å². The third-order valence-electron chi connectivity index (χ3n) is 4.57. The van der Waals surface area contributed by atoms with Crippen molar-refractivity contribution >= 4 is 43.5 Å². The molecular weight excluding hydrogens is 322 g/mol. The monoisotopic (exact) mass is 331 g/mol. The van der Waals surface area contributed by atoms with Crippen LogP contribution in [0.5, 0.6) is 0 Å². The summed E-state index contributed by atoms with van der Waals surface area (Å²) in [6.45, 7) is 0. The van der Waals surface area contributed by atoms with Crippen molar-refractivity contribution in [2.45, 2.75) is 0 Å². The van der Waals surface area contributed by atoms with Crippen LogP contribution in [0.4, 0.5) is 0 Å².